The average molecular weight is 262 g/mol. The van der Waals surface area contributed by atoms with E-state index in [0.717, 1.165) is 31.0 Å². The number of hydrogen-bond acceptors (Lipinski definition) is 5. The molecule has 1 unspecified atom stereocenters. The lowest BCUT2D eigenvalue weighted by Gasteiger charge is -2.17. The number of Topliss-reactive ketones (excluding diaryl/α,β-unsaturated/α-hetero) is 1. The first-order valence-electron chi connectivity index (χ1n) is 6.79. The van der Waals surface area contributed by atoms with E-state index < -0.39 is 0 Å². The Morgan fingerprint density at radius 2 is 2.26 bits per heavy atom. The van der Waals surface area contributed by atoms with Crippen molar-refractivity contribution in [2.24, 2.45) is 0 Å². The van der Waals surface area contributed by atoms with Crippen LogP contribution in [-0.4, -0.2) is 54.6 Å². The Balaban J connectivity index is 1.96. The molecule has 5 heteroatoms. The van der Waals surface area contributed by atoms with E-state index in [4.69, 9.17) is 0 Å². The molecule has 1 saturated heterocycles. The van der Waals surface area contributed by atoms with Crippen LogP contribution in [0, 0.1) is 0 Å². The minimum atomic E-state index is 0.199. The van der Waals surface area contributed by atoms with Gasteiger partial charge in [0.2, 0.25) is 0 Å². The lowest BCUT2D eigenvalue weighted by atomic mass is 10.1. The summed E-state index contributed by atoms with van der Waals surface area (Å²) in [5.74, 6) is 1.54. The fraction of sp³-hybridized carbons (Fsp3) is 0.643. The Labute approximate surface area is 114 Å². The van der Waals surface area contributed by atoms with Crippen LogP contribution in [0.2, 0.25) is 0 Å². The van der Waals surface area contributed by atoms with Crippen LogP contribution >= 0.6 is 0 Å². The van der Waals surface area contributed by atoms with Gasteiger partial charge in [0.15, 0.2) is 5.82 Å². The number of rotatable bonds is 5. The third-order valence-corrected chi connectivity index (χ3v) is 3.67. The van der Waals surface area contributed by atoms with Crippen molar-refractivity contribution in [3.63, 3.8) is 0 Å². The van der Waals surface area contributed by atoms with E-state index in [0.29, 0.717) is 18.9 Å². The molecule has 0 spiro atoms. The molecule has 104 valence electrons. The molecule has 1 aliphatic heterocycles. The van der Waals surface area contributed by atoms with Gasteiger partial charge in [0.1, 0.15) is 5.78 Å². The van der Waals surface area contributed by atoms with Gasteiger partial charge in [-0.15, -0.1) is 5.10 Å². The van der Waals surface area contributed by atoms with E-state index in [2.05, 4.69) is 28.2 Å². The van der Waals surface area contributed by atoms with Crippen LogP contribution in [0.25, 0.3) is 0 Å². The van der Waals surface area contributed by atoms with E-state index in [1.807, 2.05) is 18.0 Å². The smallest absolute Gasteiger partial charge is 0.150 e. The predicted molar refractivity (Wildman–Crippen MR) is 75.5 cm³/mol. The Morgan fingerprint density at radius 1 is 1.47 bits per heavy atom. The molecule has 0 N–H and O–H groups in total. The Hall–Kier alpha value is -1.49. The first kappa shape index (κ1) is 13.9. The van der Waals surface area contributed by atoms with Gasteiger partial charge in [0.25, 0.3) is 0 Å². The fourth-order valence-electron chi connectivity index (χ4n) is 2.37. The van der Waals surface area contributed by atoms with Crippen molar-refractivity contribution in [1.82, 2.24) is 15.1 Å². The highest BCUT2D eigenvalue weighted by Gasteiger charge is 2.22. The maximum absolute atomic E-state index is 11.0. The highest BCUT2D eigenvalue weighted by atomic mass is 16.1. The summed E-state index contributed by atoms with van der Waals surface area (Å²) in [6.45, 7) is 4.50. The molecular formula is C14H22N4O. The summed E-state index contributed by atoms with van der Waals surface area (Å²) in [5, 5.41) is 8.61. The van der Waals surface area contributed by atoms with E-state index in [1.54, 1.807) is 6.92 Å². The Bertz CT molecular complexity index is 432. The predicted octanol–water partition coefficient (Wildman–Crippen LogP) is 1.31. The third kappa shape index (κ3) is 3.73. The van der Waals surface area contributed by atoms with E-state index >= 15 is 0 Å². The van der Waals surface area contributed by atoms with Crippen molar-refractivity contribution < 1.29 is 4.79 Å². The van der Waals surface area contributed by atoms with Gasteiger partial charge in [-0.2, -0.15) is 5.10 Å². The van der Waals surface area contributed by atoms with Crippen molar-refractivity contribution in [2.75, 3.05) is 38.6 Å². The molecule has 1 fully saturated rings. The molecule has 0 radical (unpaired) electrons. The number of likely N-dealkylation sites (N-methyl/N-ethyl adjacent to an activating group) is 1. The van der Waals surface area contributed by atoms with Crippen molar-refractivity contribution in [3.8, 4) is 0 Å². The van der Waals surface area contributed by atoms with Gasteiger partial charge in [0, 0.05) is 32.5 Å². The SMILES string of the molecule is CC(=O)CCN(C)c1ccc(C2CCN(C)C2)nn1. The standard InChI is InChI=1S/C14H22N4O/c1-11(19)6-9-18(3)14-5-4-13(15-16-14)12-7-8-17(2)10-12/h4-5,12H,6-10H2,1-3H3. The topological polar surface area (TPSA) is 49.3 Å². The lowest BCUT2D eigenvalue weighted by Crippen LogP contribution is -2.22. The molecule has 1 aromatic heterocycles. The van der Waals surface area contributed by atoms with E-state index in [9.17, 15) is 4.79 Å². The number of likely N-dealkylation sites (tertiary alicyclic amines) is 1. The van der Waals surface area contributed by atoms with Gasteiger partial charge in [-0.25, -0.2) is 0 Å². The number of nitrogens with zero attached hydrogens (tertiary/aromatic N) is 4. The summed E-state index contributed by atoms with van der Waals surface area (Å²) in [5.41, 5.74) is 1.08. The monoisotopic (exact) mass is 262 g/mol. The molecular weight excluding hydrogens is 240 g/mol. The summed E-state index contributed by atoms with van der Waals surface area (Å²) < 4.78 is 0. The first-order valence-corrected chi connectivity index (χ1v) is 6.79. The zero-order valence-electron chi connectivity index (χ0n) is 12.0. The normalized spacial score (nSPS) is 19.6. The zero-order valence-corrected chi connectivity index (χ0v) is 12.0. The molecule has 1 aromatic rings. The maximum atomic E-state index is 11.0. The second-order valence-electron chi connectivity index (χ2n) is 5.44. The van der Waals surface area contributed by atoms with Crippen LogP contribution in [0.4, 0.5) is 5.82 Å². The van der Waals surface area contributed by atoms with Crippen molar-refractivity contribution in [3.05, 3.63) is 17.8 Å². The fourth-order valence-corrected chi connectivity index (χ4v) is 2.37. The minimum absolute atomic E-state index is 0.199. The number of ketones is 1. The lowest BCUT2D eigenvalue weighted by molar-refractivity contribution is -0.116. The highest BCUT2D eigenvalue weighted by molar-refractivity contribution is 5.76. The molecule has 0 aromatic carbocycles. The quantitative estimate of drug-likeness (QED) is 0.801. The molecule has 1 atom stereocenters. The molecule has 0 amide bonds. The highest BCUT2D eigenvalue weighted by Crippen LogP contribution is 2.24. The van der Waals surface area contributed by atoms with Gasteiger partial charge in [0.05, 0.1) is 5.69 Å². The average Bonchev–Trinajstić information content (AvgIpc) is 2.83. The second-order valence-corrected chi connectivity index (χ2v) is 5.44. The third-order valence-electron chi connectivity index (χ3n) is 3.67. The largest absolute Gasteiger partial charge is 0.358 e. The number of anilines is 1. The zero-order chi connectivity index (χ0) is 13.8. The maximum Gasteiger partial charge on any atom is 0.150 e. The van der Waals surface area contributed by atoms with Crippen LogP contribution in [0.1, 0.15) is 31.4 Å². The number of aromatic nitrogens is 2. The van der Waals surface area contributed by atoms with Gasteiger partial charge in [-0.1, -0.05) is 0 Å². The number of carbonyl (C=O) groups is 1. The van der Waals surface area contributed by atoms with Crippen molar-refractivity contribution >= 4 is 11.6 Å². The van der Waals surface area contributed by atoms with Crippen molar-refractivity contribution in [1.29, 1.82) is 0 Å². The van der Waals surface area contributed by atoms with Gasteiger partial charge < -0.3 is 9.80 Å². The Kier molecular flexibility index (Phi) is 4.47. The minimum Gasteiger partial charge on any atom is -0.358 e. The van der Waals surface area contributed by atoms with Crippen LogP contribution in [0.15, 0.2) is 12.1 Å². The molecule has 19 heavy (non-hydrogen) atoms. The van der Waals surface area contributed by atoms with Crippen LogP contribution in [-0.2, 0) is 4.79 Å². The van der Waals surface area contributed by atoms with Crippen LogP contribution in [0.5, 0.6) is 0 Å². The van der Waals surface area contributed by atoms with Crippen LogP contribution in [0.3, 0.4) is 0 Å². The summed E-state index contributed by atoms with van der Waals surface area (Å²) in [4.78, 5) is 15.3. The van der Waals surface area contributed by atoms with Gasteiger partial charge >= 0.3 is 0 Å². The molecule has 1 aliphatic rings. The summed E-state index contributed by atoms with van der Waals surface area (Å²) in [6.07, 6.45) is 1.71. The molecule has 0 aliphatic carbocycles. The summed E-state index contributed by atoms with van der Waals surface area (Å²) >= 11 is 0. The van der Waals surface area contributed by atoms with E-state index in [1.165, 1.54) is 0 Å². The molecule has 2 heterocycles. The molecule has 0 bridgehead atoms. The van der Waals surface area contributed by atoms with Crippen LogP contribution < -0.4 is 4.90 Å². The Morgan fingerprint density at radius 3 is 2.79 bits per heavy atom. The number of hydrogen-bond donors (Lipinski definition) is 0. The second kappa shape index (κ2) is 6.10. The molecule has 2 rings (SSSR count). The summed E-state index contributed by atoms with van der Waals surface area (Å²) in [7, 11) is 4.08. The van der Waals surface area contributed by atoms with Gasteiger partial charge in [-0.3, -0.25) is 4.79 Å². The number of carbonyl (C=O) groups excluding carboxylic acids is 1. The summed E-state index contributed by atoms with van der Waals surface area (Å²) in [6, 6.07) is 4.07. The molecule has 0 saturated carbocycles. The van der Waals surface area contributed by atoms with Crippen molar-refractivity contribution in [2.45, 2.75) is 25.7 Å². The first-order chi connectivity index (χ1) is 9.06. The van der Waals surface area contributed by atoms with E-state index in [-0.39, 0.29) is 5.78 Å². The molecule has 5 nitrogen and oxygen atoms in total. The van der Waals surface area contributed by atoms with Gasteiger partial charge in [-0.05, 0) is 39.1 Å².